The van der Waals surface area contributed by atoms with Crippen LogP contribution >= 0.6 is 0 Å². The summed E-state index contributed by atoms with van der Waals surface area (Å²) in [6, 6.07) is 5.79. The zero-order valence-corrected chi connectivity index (χ0v) is 14.3. The van der Waals surface area contributed by atoms with E-state index in [4.69, 9.17) is 4.42 Å². The molecule has 3 heterocycles. The molecule has 1 amide bonds. The van der Waals surface area contributed by atoms with Crippen molar-refractivity contribution in [1.82, 2.24) is 10.3 Å². The number of amides is 1. The van der Waals surface area contributed by atoms with Crippen molar-refractivity contribution in [3.8, 4) is 0 Å². The van der Waals surface area contributed by atoms with Crippen molar-refractivity contribution in [1.29, 1.82) is 0 Å². The molecule has 140 valence electrons. The summed E-state index contributed by atoms with van der Waals surface area (Å²) in [6.07, 6.45) is -0.729. The molecule has 0 aromatic carbocycles. The average molecular weight is 367 g/mol. The van der Waals surface area contributed by atoms with Crippen LogP contribution in [0.25, 0.3) is 0 Å². The normalized spacial score (nSPS) is 17.2. The molecule has 3 rings (SSSR count). The minimum absolute atomic E-state index is 0.0334. The van der Waals surface area contributed by atoms with Crippen LogP contribution < -0.4 is 10.2 Å². The molecule has 8 heteroatoms. The van der Waals surface area contributed by atoms with E-state index >= 15 is 0 Å². The van der Waals surface area contributed by atoms with Gasteiger partial charge in [0.2, 0.25) is 5.91 Å². The molecule has 1 atom stereocenters. The molecule has 0 aliphatic carbocycles. The number of alkyl halides is 3. The summed E-state index contributed by atoms with van der Waals surface area (Å²) in [5, 5.41) is 2.94. The highest BCUT2D eigenvalue weighted by atomic mass is 19.4. The highest BCUT2D eigenvalue weighted by Crippen LogP contribution is 2.30. The second kappa shape index (κ2) is 7.39. The summed E-state index contributed by atoms with van der Waals surface area (Å²) in [7, 11) is 0. The molecule has 1 aliphatic heterocycles. The fourth-order valence-electron chi connectivity index (χ4n) is 3.05. The molecule has 1 N–H and O–H groups in total. The van der Waals surface area contributed by atoms with Gasteiger partial charge in [-0.2, -0.15) is 13.2 Å². The summed E-state index contributed by atoms with van der Waals surface area (Å²) >= 11 is 0. The molecule has 0 saturated carbocycles. The summed E-state index contributed by atoms with van der Waals surface area (Å²) in [6.45, 7) is 3.01. The lowest BCUT2D eigenvalue weighted by Gasteiger charge is -2.32. The molecule has 2 aromatic rings. The number of carbonyl (C=O) groups is 1. The Balaban J connectivity index is 1.53. The van der Waals surface area contributed by atoms with Crippen LogP contribution in [0.3, 0.4) is 0 Å². The lowest BCUT2D eigenvalue weighted by atomic mass is 9.95. The number of nitrogens with one attached hydrogen (secondary N) is 1. The number of hydrogen-bond donors (Lipinski definition) is 1. The topological polar surface area (TPSA) is 58.4 Å². The van der Waals surface area contributed by atoms with Crippen molar-refractivity contribution in [3.05, 3.63) is 48.0 Å². The Bertz CT molecular complexity index is 721. The monoisotopic (exact) mass is 367 g/mol. The van der Waals surface area contributed by atoms with Gasteiger partial charge in [-0.05, 0) is 44.0 Å². The molecule has 0 spiro atoms. The third-order valence-corrected chi connectivity index (χ3v) is 4.59. The van der Waals surface area contributed by atoms with Crippen LogP contribution in [-0.4, -0.2) is 24.0 Å². The molecule has 1 aliphatic rings. The molecule has 0 unspecified atom stereocenters. The van der Waals surface area contributed by atoms with Crippen molar-refractivity contribution in [2.45, 2.75) is 32.0 Å². The number of aromatic nitrogens is 1. The number of halogens is 3. The summed E-state index contributed by atoms with van der Waals surface area (Å²) < 4.78 is 43.1. The molecule has 2 aromatic heterocycles. The maximum Gasteiger partial charge on any atom is 0.417 e. The zero-order chi connectivity index (χ0) is 18.7. The van der Waals surface area contributed by atoms with Crippen molar-refractivity contribution < 1.29 is 22.4 Å². The number of furan rings is 1. The minimum atomic E-state index is -4.39. The van der Waals surface area contributed by atoms with Crippen molar-refractivity contribution in [2.24, 2.45) is 5.92 Å². The van der Waals surface area contributed by atoms with Gasteiger partial charge in [0, 0.05) is 25.2 Å². The minimum Gasteiger partial charge on any atom is -0.467 e. The molecule has 26 heavy (non-hydrogen) atoms. The number of carbonyl (C=O) groups excluding carboxylic acids is 1. The van der Waals surface area contributed by atoms with Gasteiger partial charge >= 0.3 is 6.18 Å². The van der Waals surface area contributed by atoms with Crippen LogP contribution in [0.1, 0.15) is 37.1 Å². The fraction of sp³-hybridized carbons (Fsp3) is 0.444. The average Bonchev–Trinajstić information content (AvgIpc) is 3.16. The Kier molecular flexibility index (Phi) is 5.20. The number of pyridine rings is 1. The van der Waals surface area contributed by atoms with E-state index < -0.39 is 11.7 Å². The lowest BCUT2D eigenvalue weighted by molar-refractivity contribution is -0.137. The van der Waals surface area contributed by atoms with Crippen LogP contribution in [0.5, 0.6) is 0 Å². The van der Waals surface area contributed by atoms with Crippen molar-refractivity contribution in [2.75, 3.05) is 18.0 Å². The molecule has 5 nitrogen and oxygen atoms in total. The predicted octanol–water partition coefficient (Wildman–Crippen LogP) is 3.79. The molecule has 1 saturated heterocycles. The third kappa shape index (κ3) is 4.17. The quantitative estimate of drug-likeness (QED) is 0.893. The lowest BCUT2D eigenvalue weighted by Crippen LogP contribution is -2.41. The van der Waals surface area contributed by atoms with Crippen LogP contribution in [0.15, 0.2) is 41.1 Å². The van der Waals surface area contributed by atoms with Gasteiger partial charge in [0.05, 0.1) is 17.9 Å². The van der Waals surface area contributed by atoms with E-state index in [1.165, 1.54) is 6.07 Å². The molecular weight excluding hydrogens is 347 g/mol. The van der Waals surface area contributed by atoms with Gasteiger partial charge in [-0.15, -0.1) is 0 Å². The first-order chi connectivity index (χ1) is 12.3. The first-order valence-corrected chi connectivity index (χ1v) is 8.46. The van der Waals surface area contributed by atoms with Gasteiger partial charge in [0.25, 0.3) is 0 Å². The Morgan fingerprint density at radius 3 is 2.58 bits per heavy atom. The van der Waals surface area contributed by atoms with Crippen LogP contribution in [-0.2, 0) is 11.0 Å². The van der Waals surface area contributed by atoms with Gasteiger partial charge in [0.1, 0.15) is 11.6 Å². The SMILES string of the molecule is C[C@H](NC(=O)C1CCN(c2ccc(C(F)(F)F)cn2)CC1)c1ccco1. The van der Waals surface area contributed by atoms with Gasteiger partial charge < -0.3 is 14.6 Å². The zero-order valence-electron chi connectivity index (χ0n) is 14.3. The van der Waals surface area contributed by atoms with Crippen molar-refractivity contribution >= 4 is 11.7 Å². The van der Waals surface area contributed by atoms with Gasteiger partial charge in [-0.25, -0.2) is 4.98 Å². The van der Waals surface area contributed by atoms with E-state index in [-0.39, 0.29) is 17.9 Å². The fourth-order valence-corrected chi connectivity index (χ4v) is 3.05. The third-order valence-electron chi connectivity index (χ3n) is 4.59. The molecule has 0 bridgehead atoms. The Morgan fingerprint density at radius 2 is 2.04 bits per heavy atom. The molecular formula is C18H20F3N3O2. The highest BCUT2D eigenvalue weighted by Gasteiger charge is 2.31. The van der Waals surface area contributed by atoms with E-state index in [1.54, 1.807) is 12.3 Å². The molecule has 1 fully saturated rings. The summed E-state index contributed by atoms with van der Waals surface area (Å²) in [4.78, 5) is 18.2. The number of piperidine rings is 1. The van der Waals surface area contributed by atoms with E-state index in [0.29, 0.717) is 37.5 Å². The van der Waals surface area contributed by atoms with Crippen LogP contribution in [0, 0.1) is 5.92 Å². The number of anilines is 1. The van der Waals surface area contributed by atoms with Crippen LogP contribution in [0.2, 0.25) is 0 Å². The number of rotatable bonds is 4. The number of nitrogens with zero attached hydrogens (tertiary/aromatic N) is 2. The van der Waals surface area contributed by atoms with E-state index in [9.17, 15) is 18.0 Å². The predicted molar refractivity (Wildman–Crippen MR) is 89.4 cm³/mol. The maximum atomic E-state index is 12.6. The smallest absolute Gasteiger partial charge is 0.417 e. The van der Waals surface area contributed by atoms with Crippen LogP contribution in [0.4, 0.5) is 19.0 Å². The maximum absolute atomic E-state index is 12.6. The summed E-state index contributed by atoms with van der Waals surface area (Å²) in [5.74, 6) is 1.04. The van der Waals surface area contributed by atoms with Gasteiger partial charge in [-0.3, -0.25) is 4.79 Å². The van der Waals surface area contributed by atoms with Gasteiger partial charge in [0.15, 0.2) is 0 Å². The Morgan fingerprint density at radius 1 is 1.31 bits per heavy atom. The molecule has 0 radical (unpaired) electrons. The standard InChI is InChI=1S/C18H20F3N3O2/c1-12(15-3-2-10-26-15)23-17(25)13-6-8-24(9-7-13)16-5-4-14(11-22-16)18(19,20)21/h2-5,10-13H,6-9H2,1H3,(H,23,25)/t12-/m0/s1. The first-order valence-electron chi connectivity index (χ1n) is 8.46. The van der Waals surface area contributed by atoms with Gasteiger partial charge in [-0.1, -0.05) is 0 Å². The Hall–Kier alpha value is -2.51. The van der Waals surface area contributed by atoms with E-state index in [2.05, 4.69) is 10.3 Å². The Labute approximate surface area is 149 Å². The second-order valence-corrected chi connectivity index (χ2v) is 6.41. The highest BCUT2D eigenvalue weighted by molar-refractivity contribution is 5.79. The number of hydrogen-bond acceptors (Lipinski definition) is 4. The van der Waals surface area contributed by atoms with Crippen molar-refractivity contribution in [3.63, 3.8) is 0 Å². The summed E-state index contributed by atoms with van der Waals surface area (Å²) in [5.41, 5.74) is -0.762. The second-order valence-electron chi connectivity index (χ2n) is 6.41. The first kappa shape index (κ1) is 18.3. The van der Waals surface area contributed by atoms with E-state index in [0.717, 1.165) is 12.3 Å². The largest absolute Gasteiger partial charge is 0.467 e. The van der Waals surface area contributed by atoms with E-state index in [1.807, 2.05) is 17.9 Å².